The van der Waals surface area contributed by atoms with E-state index < -0.39 is 0 Å². The van der Waals surface area contributed by atoms with Gasteiger partial charge in [-0.2, -0.15) is 0 Å². The Morgan fingerprint density at radius 3 is 2.70 bits per heavy atom. The molecule has 2 fully saturated rings. The highest BCUT2D eigenvalue weighted by atomic mass is 16.5. The molecule has 2 aromatic heterocycles. The van der Waals surface area contributed by atoms with Crippen LogP contribution in [0, 0.1) is 5.92 Å². The normalized spacial score (nSPS) is 28.3. The first-order chi connectivity index (χ1) is 21.3. The molecule has 4 aliphatic heterocycles. The number of imidazole rings is 1. The summed E-state index contributed by atoms with van der Waals surface area (Å²) in [6, 6.07) is 20.5. The highest BCUT2D eigenvalue weighted by molar-refractivity contribution is 6.32. The molecular formula is C35H37N7O. The molecule has 2 aromatic carbocycles. The summed E-state index contributed by atoms with van der Waals surface area (Å²) in [4.78, 5) is 18.2. The van der Waals surface area contributed by atoms with Gasteiger partial charge in [0.25, 0.3) is 0 Å². The van der Waals surface area contributed by atoms with E-state index in [-0.39, 0.29) is 12.4 Å². The van der Waals surface area contributed by atoms with Crippen LogP contribution in [0.5, 0.6) is 0 Å². The molecule has 1 aliphatic carbocycles. The lowest BCUT2D eigenvalue weighted by Crippen LogP contribution is -2.31. The number of aromatic nitrogens is 3. The second kappa shape index (κ2) is 10.3. The van der Waals surface area contributed by atoms with Crippen LogP contribution in [0.1, 0.15) is 74.3 Å². The lowest BCUT2D eigenvalue weighted by Gasteiger charge is -2.36. The molecule has 2 saturated heterocycles. The Bertz CT molecular complexity index is 1770. The van der Waals surface area contributed by atoms with Crippen LogP contribution in [0.15, 0.2) is 76.5 Å². The molecule has 6 heterocycles. The Morgan fingerprint density at radius 1 is 0.930 bits per heavy atom. The van der Waals surface area contributed by atoms with E-state index in [2.05, 4.69) is 74.8 Å². The van der Waals surface area contributed by atoms with Crippen LogP contribution in [-0.2, 0) is 4.74 Å². The second-order valence-corrected chi connectivity index (χ2v) is 12.7. The summed E-state index contributed by atoms with van der Waals surface area (Å²) in [5.41, 5.74) is 8.33. The summed E-state index contributed by atoms with van der Waals surface area (Å²) in [5.74, 6) is 2.49. The third-order valence-electron chi connectivity index (χ3n) is 10.0. The van der Waals surface area contributed by atoms with Gasteiger partial charge in [0.05, 0.1) is 34.9 Å². The number of nitrogens with one attached hydrogen (secondary N) is 3. The molecule has 8 nitrogen and oxygen atoms in total. The van der Waals surface area contributed by atoms with Gasteiger partial charge in [0.15, 0.2) is 6.17 Å². The second-order valence-electron chi connectivity index (χ2n) is 12.7. The van der Waals surface area contributed by atoms with Crippen molar-refractivity contribution >= 4 is 28.4 Å². The number of aromatic amines is 1. The van der Waals surface area contributed by atoms with E-state index >= 15 is 0 Å². The molecular weight excluding hydrogens is 534 g/mol. The summed E-state index contributed by atoms with van der Waals surface area (Å²) in [5, 5.41) is 8.35. The lowest BCUT2D eigenvalue weighted by molar-refractivity contribution is 0.0754. The maximum Gasteiger partial charge on any atom is 0.202 e. The molecule has 0 radical (unpaired) electrons. The van der Waals surface area contributed by atoms with Crippen molar-refractivity contribution in [2.24, 2.45) is 15.9 Å². The number of rotatable bonds is 5. The number of nitrogens with zero attached hydrogens (tertiary/aromatic N) is 4. The SMILES string of the molecule is C1=NC(C2CCCN2)N=C1C1CCC2=C(C1)OC(c1ccccc1)n1c2cc2cc(-c3cnc(C4CCCN4)[nH]3)ccc21. The summed E-state index contributed by atoms with van der Waals surface area (Å²) in [6.45, 7) is 2.14. The standard InChI is InChI=1S/C35H37N7O/c1-2-6-21(7-3-1)35-42-30-13-11-22(28-19-38-33(40-28)26-8-4-14-36-26)16-24(30)17-31(42)25-12-10-23(18-32(25)43-35)29-20-39-34(41-29)27-9-5-15-37-27/h1-3,6-7,11,13,16-17,19-20,23,26-27,34-37H,4-5,8-10,12,14-15,18H2,(H,38,40). The van der Waals surface area contributed by atoms with E-state index in [0.29, 0.717) is 18.0 Å². The number of allylic oxidation sites excluding steroid dienone is 2. The van der Waals surface area contributed by atoms with Gasteiger partial charge >= 0.3 is 0 Å². The molecule has 0 spiro atoms. The highest BCUT2D eigenvalue weighted by Gasteiger charge is 2.37. The average Bonchev–Trinajstić information content (AvgIpc) is 3.89. The van der Waals surface area contributed by atoms with Gasteiger partial charge in [-0.25, -0.2) is 4.98 Å². The smallest absolute Gasteiger partial charge is 0.202 e. The van der Waals surface area contributed by atoms with Gasteiger partial charge in [-0.3, -0.25) is 9.98 Å². The van der Waals surface area contributed by atoms with Crippen LogP contribution in [0.3, 0.4) is 0 Å². The first-order valence-electron chi connectivity index (χ1n) is 16.0. The van der Waals surface area contributed by atoms with Crippen molar-refractivity contribution in [2.45, 2.75) is 69.4 Å². The van der Waals surface area contributed by atoms with E-state index in [0.717, 1.165) is 79.3 Å². The Morgan fingerprint density at radius 2 is 1.84 bits per heavy atom. The molecule has 0 saturated carbocycles. The third-order valence-corrected chi connectivity index (χ3v) is 10.0. The lowest BCUT2D eigenvalue weighted by atomic mass is 9.83. The highest BCUT2D eigenvalue weighted by Crippen LogP contribution is 2.47. The fourth-order valence-corrected chi connectivity index (χ4v) is 7.78. The largest absolute Gasteiger partial charge is 0.470 e. The topological polar surface area (TPSA) is 91.6 Å². The van der Waals surface area contributed by atoms with Gasteiger partial charge in [-0.15, -0.1) is 0 Å². The van der Waals surface area contributed by atoms with Gasteiger partial charge in [0, 0.05) is 46.7 Å². The van der Waals surface area contributed by atoms with Crippen molar-refractivity contribution in [1.29, 1.82) is 0 Å². The Labute approximate surface area is 251 Å². The maximum absolute atomic E-state index is 6.97. The molecule has 8 heteroatoms. The van der Waals surface area contributed by atoms with Crippen molar-refractivity contribution in [1.82, 2.24) is 25.2 Å². The third kappa shape index (κ3) is 4.38. The minimum absolute atomic E-state index is 0.0364. The van der Waals surface area contributed by atoms with Crippen LogP contribution < -0.4 is 10.6 Å². The summed E-state index contributed by atoms with van der Waals surface area (Å²) in [7, 11) is 0. The van der Waals surface area contributed by atoms with Gasteiger partial charge in [-0.1, -0.05) is 36.4 Å². The van der Waals surface area contributed by atoms with Crippen LogP contribution >= 0.6 is 0 Å². The van der Waals surface area contributed by atoms with E-state index in [1.807, 2.05) is 12.4 Å². The Hall–Kier alpha value is -4.01. The molecule has 0 amide bonds. The van der Waals surface area contributed by atoms with E-state index in [1.165, 1.54) is 35.0 Å². The Balaban J connectivity index is 1.07. The quantitative estimate of drug-likeness (QED) is 0.268. The zero-order valence-corrected chi connectivity index (χ0v) is 24.3. The molecule has 3 N–H and O–H groups in total. The maximum atomic E-state index is 6.97. The average molecular weight is 572 g/mol. The fourth-order valence-electron chi connectivity index (χ4n) is 7.78. The van der Waals surface area contributed by atoms with Gasteiger partial charge in [0.1, 0.15) is 11.6 Å². The van der Waals surface area contributed by atoms with Gasteiger partial charge in [-0.05, 0) is 69.8 Å². The van der Waals surface area contributed by atoms with Crippen LogP contribution in [-0.4, -0.2) is 51.8 Å². The molecule has 9 rings (SSSR count). The molecule has 5 atom stereocenters. The van der Waals surface area contributed by atoms with Crippen molar-refractivity contribution in [3.8, 4) is 11.3 Å². The monoisotopic (exact) mass is 571 g/mol. The molecule has 5 aliphatic rings. The van der Waals surface area contributed by atoms with E-state index in [4.69, 9.17) is 19.7 Å². The molecule has 5 unspecified atom stereocenters. The van der Waals surface area contributed by atoms with E-state index in [1.54, 1.807) is 0 Å². The molecule has 43 heavy (non-hydrogen) atoms. The predicted molar refractivity (Wildman–Crippen MR) is 170 cm³/mol. The van der Waals surface area contributed by atoms with Crippen molar-refractivity contribution < 1.29 is 4.74 Å². The zero-order valence-electron chi connectivity index (χ0n) is 24.3. The molecule has 4 aromatic rings. The first-order valence-corrected chi connectivity index (χ1v) is 16.0. The predicted octanol–water partition coefficient (Wildman–Crippen LogP) is 6.15. The number of benzene rings is 2. The first kappa shape index (κ1) is 25.5. The van der Waals surface area contributed by atoms with Crippen LogP contribution in [0.25, 0.3) is 27.7 Å². The minimum Gasteiger partial charge on any atom is -0.470 e. The minimum atomic E-state index is -0.209. The number of fused-ring (bicyclic) bond motifs is 4. The Kier molecular flexibility index (Phi) is 6.11. The van der Waals surface area contributed by atoms with Crippen LogP contribution in [0.2, 0.25) is 0 Å². The number of H-pyrrole nitrogens is 1. The van der Waals surface area contributed by atoms with Crippen molar-refractivity contribution in [3.63, 3.8) is 0 Å². The number of ether oxygens (including phenoxy) is 1. The summed E-state index contributed by atoms with van der Waals surface area (Å²) < 4.78 is 9.38. The van der Waals surface area contributed by atoms with Gasteiger partial charge < -0.3 is 24.9 Å². The number of aliphatic imine (C=N–C) groups is 2. The fraction of sp³-hybridized carbons (Fsp3) is 0.400. The van der Waals surface area contributed by atoms with Crippen LogP contribution in [0.4, 0.5) is 0 Å². The number of hydrogen-bond donors (Lipinski definition) is 3. The molecule has 218 valence electrons. The number of hydrogen-bond acceptors (Lipinski definition) is 6. The van der Waals surface area contributed by atoms with E-state index in [9.17, 15) is 0 Å². The summed E-state index contributed by atoms with van der Waals surface area (Å²) in [6.07, 6.45) is 11.5. The molecule has 0 bridgehead atoms. The summed E-state index contributed by atoms with van der Waals surface area (Å²) >= 11 is 0. The van der Waals surface area contributed by atoms with Crippen molar-refractivity contribution in [3.05, 3.63) is 83.6 Å². The zero-order chi connectivity index (χ0) is 28.3. The van der Waals surface area contributed by atoms with Crippen molar-refractivity contribution in [2.75, 3.05) is 13.1 Å². The van der Waals surface area contributed by atoms with Gasteiger partial charge in [0.2, 0.25) is 6.23 Å².